The molecular weight excluding hydrogens is 613 g/mol. The molecule has 5 rings (SSSR count). The van der Waals surface area contributed by atoms with Crippen molar-refractivity contribution in [2.45, 2.75) is 32.1 Å². The van der Waals surface area contributed by atoms with Gasteiger partial charge in [0.2, 0.25) is 0 Å². The number of benzene rings is 1. The molecule has 0 saturated carbocycles. The lowest BCUT2D eigenvalue weighted by Gasteiger charge is -2.23. The maximum absolute atomic E-state index is 11.8. The molecule has 0 radical (unpaired) electrons. The molecule has 1 saturated heterocycles. The molecule has 1 aliphatic rings. The number of halogens is 1. The van der Waals surface area contributed by atoms with E-state index < -0.39 is 5.97 Å². The number of fused-ring (bicyclic) bond motifs is 1. The summed E-state index contributed by atoms with van der Waals surface area (Å²) in [5.74, 6) is 0.205. The van der Waals surface area contributed by atoms with Gasteiger partial charge < -0.3 is 18.9 Å². The molecule has 4 heterocycles. The molecule has 0 spiro atoms. The number of nitrogens with zero attached hydrogens (tertiary/aromatic N) is 5. The Bertz CT molecular complexity index is 1490. The molecule has 0 aliphatic carbocycles. The highest BCUT2D eigenvalue weighted by atomic mass is 127. The number of ether oxygens (including phenoxy) is 4. The molecule has 39 heavy (non-hydrogen) atoms. The second-order valence-electron chi connectivity index (χ2n) is 9.11. The quantitative estimate of drug-likeness (QED) is 0.133. The number of carbonyl (C=O) groups is 1. The van der Waals surface area contributed by atoms with Gasteiger partial charge in [0, 0.05) is 24.6 Å². The summed E-state index contributed by atoms with van der Waals surface area (Å²) in [7, 11) is 3.23. The number of pyridine rings is 1. The lowest BCUT2D eigenvalue weighted by atomic mass is 10.1. The fraction of sp³-hybridized carbons (Fsp3) is 0.357. The largest absolute Gasteiger partial charge is 0.490 e. The first kappa shape index (κ1) is 27.3. The van der Waals surface area contributed by atoms with E-state index in [2.05, 4.69) is 34.3 Å². The van der Waals surface area contributed by atoms with Gasteiger partial charge in [0.15, 0.2) is 6.23 Å². The number of hydrogen-bond donors (Lipinski definition) is 0. The fourth-order valence-electron chi connectivity index (χ4n) is 4.58. The smallest absolute Gasteiger partial charge is 0.337 e. The molecule has 0 amide bonds. The molecule has 4 aromatic rings. The summed E-state index contributed by atoms with van der Waals surface area (Å²) in [6.07, 6.45) is 8.44. The van der Waals surface area contributed by atoms with Crippen LogP contribution in [0, 0.1) is 3.57 Å². The maximum atomic E-state index is 11.8. The minimum atomic E-state index is -0.405. The van der Waals surface area contributed by atoms with E-state index in [0.717, 1.165) is 63.0 Å². The Morgan fingerprint density at radius 3 is 2.90 bits per heavy atom. The maximum Gasteiger partial charge on any atom is 0.337 e. The monoisotopic (exact) mass is 643 g/mol. The van der Waals surface area contributed by atoms with Gasteiger partial charge in [-0.15, -0.1) is 0 Å². The highest BCUT2D eigenvalue weighted by Gasteiger charge is 2.22. The van der Waals surface area contributed by atoms with E-state index >= 15 is 0 Å². The van der Waals surface area contributed by atoms with E-state index in [4.69, 9.17) is 29.0 Å². The van der Waals surface area contributed by atoms with Crippen molar-refractivity contribution in [3.05, 3.63) is 63.8 Å². The molecule has 204 valence electrons. The number of hydrogen-bond acceptors (Lipinski definition) is 8. The van der Waals surface area contributed by atoms with Crippen LogP contribution in [0.25, 0.3) is 28.2 Å². The number of esters is 1. The standard InChI is InChI=1S/C28H30IN5O5/c1-4-22-19-14-23(30-16-24(19)34(32-22)27-7-5-6-10-39-27)20-15-31-33(2)25(20)17-37-11-12-38-26-13-18(28(35)36-3)8-9-21(26)29/h4,8-9,13-16,27H,1,5-7,10-12,17H2,2-3H3. The van der Waals surface area contributed by atoms with Gasteiger partial charge >= 0.3 is 5.97 Å². The number of carbonyl (C=O) groups excluding carboxylic acids is 1. The molecule has 3 aromatic heterocycles. The van der Waals surface area contributed by atoms with Crippen LogP contribution in [-0.2, 0) is 27.9 Å². The van der Waals surface area contributed by atoms with Crippen LogP contribution in [-0.4, -0.2) is 57.4 Å². The van der Waals surface area contributed by atoms with Crippen molar-refractivity contribution < 1.29 is 23.7 Å². The van der Waals surface area contributed by atoms with Crippen LogP contribution in [0.1, 0.15) is 47.2 Å². The van der Waals surface area contributed by atoms with Gasteiger partial charge in [-0.05, 0) is 72.2 Å². The fourth-order valence-corrected chi connectivity index (χ4v) is 5.07. The van der Waals surface area contributed by atoms with E-state index in [9.17, 15) is 4.79 Å². The Morgan fingerprint density at radius 1 is 1.26 bits per heavy atom. The molecular formula is C28H30IN5O5. The molecule has 0 N–H and O–H groups in total. The van der Waals surface area contributed by atoms with Gasteiger partial charge in [-0.3, -0.25) is 9.67 Å². The van der Waals surface area contributed by atoms with Crippen LogP contribution in [0.15, 0.2) is 43.2 Å². The van der Waals surface area contributed by atoms with Gasteiger partial charge in [-0.1, -0.05) is 6.58 Å². The number of methoxy groups -OCH3 is 1. The van der Waals surface area contributed by atoms with Crippen LogP contribution >= 0.6 is 22.6 Å². The van der Waals surface area contributed by atoms with Crippen molar-refractivity contribution >= 4 is 45.5 Å². The molecule has 10 nitrogen and oxygen atoms in total. The topological polar surface area (TPSA) is 103 Å². The molecule has 0 bridgehead atoms. The van der Waals surface area contributed by atoms with Crippen molar-refractivity contribution in [2.75, 3.05) is 26.9 Å². The van der Waals surface area contributed by atoms with Crippen LogP contribution in [0.3, 0.4) is 0 Å². The molecule has 1 aromatic carbocycles. The summed E-state index contributed by atoms with van der Waals surface area (Å²) in [5, 5.41) is 10.2. The highest BCUT2D eigenvalue weighted by Crippen LogP contribution is 2.31. The van der Waals surface area contributed by atoms with Crippen LogP contribution in [0.4, 0.5) is 0 Å². The molecule has 1 unspecified atom stereocenters. The second-order valence-corrected chi connectivity index (χ2v) is 10.3. The van der Waals surface area contributed by atoms with E-state index in [1.807, 2.05) is 30.1 Å². The van der Waals surface area contributed by atoms with Gasteiger partial charge in [0.1, 0.15) is 12.4 Å². The van der Waals surface area contributed by atoms with Gasteiger partial charge in [-0.25, -0.2) is 9.48 Å². The first-order valence-corrected chi connectivity index (χ1v) is 13.8. The van der Waals surface area contributed by atoms with Crippen molar-refractivity contribution in [1.29, 1.82) is 0 Å². The summed E-state index contributed by atoms with van der Waals surface area (Å²) in [4.78, 5) is 16.6. The Kier molecular flexibility index (Phi) is 8.58. The third-order valence-corrected chi connectivity index (χ3v) is 7.55. The van der Waals surface area contributed by atoms with E-state index in [0.29, 0.717) is 31.1 Å². The third-order valence-electron chi connectivity index (χ3n) is 6.66. The van der Waals surface area contributed by atoms with Crippen molar-refractivity contribution in [3.63, 3.8) is 0 Å². The summed E-state index contributed by atoms with van der Waals surface area (Å²) in [5.41, 5.74) is 4.73. The number of aryl methyl sites for hydroxylation is 1. The third kappa shape index (κ3) is 5.85. The average Bonchev–Trinajstić information content (AvgIpc) is 3.53. The lowest BCUT2D eigenvalue weighted by molar-refractivity contribution is -0.0367. The van der Waals surface area contributed by atoms with E-state index in [1.54, 1.807) is 29.1 Å². The van der Waals surface area contributed by atoms with Crippen molar-refractivity contribution in [2.24, 2.45) is 7.05 Å². The van der Waals surface area contributed by atoms with Crippen molar-refractivity contribution in [1.82, 2.24) is 24.5 Å². The number of rotatable bonds is 10. The van der Waals surface area contributed by atoms with E-state index in [-0.39, 0.29) is 6.23 Å². The van der Waals surface area contributed by atoms with Crippen molar-refractivity contribution in [3.8, 4) is 17.0 Å². The average molecular weight is 643 g/mol. The van der Waals surface area contributed by atoms with E-state index in [1.165, 1.54) is 7.11 Å². The van der Waals surface area contributed by atoms with Gasteiger partial charge in [0.05, 0.1) is 64.4 Å². The second kappa shape index (κ2) is 12.3. The normalized spacial score (nSPS) is 15.4. The SMILES string of the molecule is C=Cc1nn(C2CCCCO2)c2cnc(-c3cnn(C)c3COCCOc3cc(C(=O)OC)ccc3I)cc12. The molecule has 1 atom stereocenters. The number of aromatic nitrogens is 5. The summed E-state index contributed by atoms with van der Waals surface area (Å²) < 4.78 is 27.2. The Labute approximate surface area is 240 Å². The minimum Gasteiger partial charge on any atom is -0.490 e. The first-order valence-electron chi connectivity index (χ1n) is 12.7. The minimum absolute atomic E-state index is 0.0848. The Balaban J connectivity index is 1.27. The summed E-state index contributed by atoms with van der Waals surface area (Å²) in [6.45, 7) is 5.70. The zero-order valence-electron chi connectivity index (χ0n) is 21.9. The van der Waals surface area contributed by atoms with Crippen LogP contribution < -0.4 is 4.74 Å². The zero-order chi connectivity index (χ0) is 27.4. The summed E-state index contributed by atoms with van der Waals surface area (Å²) >= 11 is 2.17. The van der Waals surface area contributed by atoms with Crippen LogP contribution in [0.2, 0.25) is 0 Å². The predicted molar refractivity (Wildman–Crippen MR) is 154 cm³/mol. The zero-order valence-corrected chi connectivity index (χ0v) is 24.1. The highest BCUT2D eigenvalue weighted by molar-refractivity contribution is 14.1. The predicted octanol–water partition coefficient (Wildman–Crippen LogP) is 5.16. The van der Waals surface area contributed by atoms with Gasteiger partial charge in [-0.2, -0.15) is 10.2 Å². The Morgan fingerprint density at radius 2 is 2.13 bits per heavy atom. The molecule has 1 aliphatic heterocycles. The van der Waals surface area contributed by atoms with Crippen LogP contribution in [0.5, 0.6) is 5.75 Å². The summed E-state index contributed by atoms with van der Waals surface area (Å²) in [6, 6.07) is 7.23. The first-order chi connectivity index (χ1) is 19.0. The lowest BCUT2D eigenvalue weighted by Crippen LogP contribution is -2.19. The Hall–Kier alpha value is -3.29. The molecule has 1 fully saturated rings. The van der Waals surface area contributed by atoms with Gasteiger partial charge in [0.25, 0.3) is 0 Å². The molecule has 11 heteroatoms.